The summed E-state index contributed by atoms with van der Waals surface area (Å²) in [5, 5.41) is 2.80. The minimum atomic E-state index is -0.226. The molecule has 0 spiro atoms. The van der Waals surface area contributed by atoms with Crippen LogP contribution in [0.3, 0.4) is 0 Å². The van der Waals surface area contributed by atoms with Gasteiger partial charge in [0.15, 0.2) is 0 Å². The Morgan fingerprint density at radius 2 is 2.21 bits per heavy atom. The molecule has 1 saturated carbocycles. The Morgan fingerprint density at radius 3 is 2.88 bits per heavy atom. The minimum absolute atomic E-state index is 0.0799. The van der Waals surface area contributed by atoms with Crippen molar-refractivity contribution in [3.05, 3.63) is 56.7 Å². The summed E-state index contributed by atoms with van der Waals surface area (Å²) in [6, 6.07) is 6.79. The number of halogens is 1. The lowest BCUT2D eigenvalue weighted by molar-refractivity contribution is 0.0951. The summed E-state index contributed by atoms with van der Waals surface area (Å²) >= 11 is 3.35. The standard InChI is InChI=1S/C17H18BrN3O3/c1-24-12-4-5-14(18)13(8-12)17(23)19-6-7-21-10-20-15(9-16(21)22)11-2-3-11/h4-5,8-11H,2-3,6-7H2,1H3,(H,19,23). The van der Waals surface area contributed by atoms with Gasteiger partial charge in [-0.25, -0.2) is 4.98 Å². The monoisotopic (exact) mass is 391 g/mol. The van der Waals surface area contributed by atoms with Crippen molar-refractivity contribution in [3.8, 4) is 5.75 Å². The van der Waals surface area contributed by atoms with Gasteiger partial charge in [0.2, 0.25) is 0 Å². The normalized spacial score (nSPS) is 13.6. The molecule has 1 aliphatic carbocycles. The van der Waals surface area contributed by atoms with Gasteiger partial charge in [-0.15, -0.1) is 0 Å². The van der Waals surface area contributed by atoms with Crippen LogP contribution >= 0.6 is 15.9 Å². The van der Waals surface area contributed by atoms with Crippen molar-refractivity contribution < 1.29 is 9.53 Å². The number of benzene rings is 1. The fourth-order valence-electron chi connectivity index (χ4n) is 2.40. The summed E-state index contributed by atoms with van der Waals surface area (Å²) in [5.74, 6) is 0.841. The number of hydrogen-bond donors (Lipinski definition) is 1. The van der Waals surface area contributed by atoms with E-state index in [1.165, 1.54) is 4.57 Å². The number of methoxy groups -OCH3 is 1. The van der Waals surface area contributed by atoms with E-state index in [-0.39, 0.29) is 11.5 Å². The number of amides is 1. The SMILES string of the molecule is COc1ccc(Br)c(C(=O)NCCn2cnc(C3CC3)cc2=O)c1. The second kappa shape index (κ2) is 7.17. The molecule has 0 unspecified atom stereocenters. The Morgan fingerprint density at radius 1 is 1.42 bits per heavy atom. The maximum atomic E-state index is 12.3. The van der Waals surface area contributed by atoms with E-state index < -0.39 is 0 Å². The van der Waals surface area contributed by atoms with E-state index in [0.717, 1.165) is 18.5 Å². The number of carbonyl (C=O) groups excluding carboxylic acids is 1. The summed E-state index contributed by atoms with van der Waals surface area (Å²) in [6.07, 6.45) is 3.79. The van der Waals surface area contributed by atoms with Gasteiger partial charge in [0.05, 0.1) is 24.7 Å². The van der Waals surface area contributed by atoms with Crippen LogP contribution in [-0.4, -0.2) is 29.1 Å². The highest BCUT2D eigenvalue weighted by Crippen LogP contribution is 2.38. The van der Waals surface area contributed by atoms with Crippen LogP contribution in [0.2, 0.25) is 0 Å². The van der Waals surface area contributed by atoms with Gasteiger partial charge in [-0.05, 0) is 47.0 Å². The Balaban J connectivity index is 1.60. The zero-order valence-corrected chi connectivity index (χ0v) is 14.9. The van der Waals surface area contributed by atoms with E-state index in [9.17, 15) is 9.59 Å². The van der Waals surface area contributed by atoms with Gasteiger partial charge in [0.25, 0.3) is 11.5 Å². The van der Waals surface area contributed by atoms with Crippen LogP contribution < -0.4 is 15.6 Å². The quantitative estimate of drug-likeness (QED) is 0.819. The van der Waals surface area contributed by atoms with Crippen molar-refractivity contribution >= 4 is 21.8 Å². The molecule has 1 aromatic heterocycles. The molecule has 0 bridgehead atoms. The largest absolute Gasteiger partial charge is 0.497 e. The van der Waals surface area contributed by atoms with Crippen molar-refractivity contribution in [2.24, 2.45) is 0 Å². The minimum Gasteiger partial charge on any atom is -0.497 e. The lowest BCUT2D eigenvalue weighted by Crippen LogP contribution is -2.31. The van der Waals surface area contributed by atoms with Crippen LogP contribution in [0.25, 0.3) is 0 Å². The molecule has 1 N–H and O–H groups in total. The Hall–Kier alpha value is -2.15. The Bertz CT molecular complexity index is 815. The molecular weight excluding hydrogens is 374 g/mol. The van der Waals surface area contributed by atoms with Gasteiger partial charge in [-0.2, -0.15) is 0 Å². The van der Waals surface area contributed by atoms with Crippen LogP contribution in [-0.2, 0) is 6.54 Å². The molecule has 0 radical (unpaired) electrons. The van der Waals surface area contributed by atoms with E-state index in [2.05, 4.69) is 26.2 Å². The van der Waals surface area contributed by atoms with Gasteiger partial charge < -0.3 is 10.1 Å². The number of nitrogens with one attached hydrogen (secondary N) is 1. The van der Waals surface area contributed by atoms with Crippen LogP contribution in [0, 0.1) is 0 Å². The second-order valence-electron chi connectivity index (χ2n) is 5.72. The van der Waals surface area contributed by atoms with E-state index in [0.29, 0.717) is 34.8 Å². The van der Waals surface area contributed by atoms with Crippen LogP contribution in [0.5, 0.6) is 5.75 Å². The number of nitrogens with zero attached hydrogens (tertiary/aromatic N) is 2. The van der Waals surface area contributed by atoms with Crippen molar-refractivity contribution in [2.45, 2.75) is 25.3 Å². The number of ether oxygens (including phenoxy) is 1. The maximum absolute atomic E-state index is 12.3. The first-order valence-electron chi connectivity index (χ1n) is 7.76. The van der Waals surface area contributed by atoms with Crippen LogP contribution in [0.4, 0.5) is 0 Å². The molecule has 1 heterocycles. The smallest absolute Gasteiger partial charge is 0.253 e. The Labute approximate surface area is 148 Å². The third-order valence-electron chi connectivity index (χ3n) is 3.95. The van der Waals surface area contributed by atoms with Crippen molar-refractivity contribution in [2.75, 3.05) is 13.7 Å². The molecule has 7 heteroatoms. The van der Waals surface area contributed by atoms with Crippen molar-refractivity contribution in [3.63, 3.8) is 0 Å². The third kappa shape index (κ3) is 3.84. The highest BCUT2D eigenvalue weighted by molar-refractivity contribution is 9.10. The molecule has 1 aromatic carbocycles. The van der Waals surface area contributed by atoms with Crippen molar-refractivity contribution in [1.82, 2.24) is 14.9 Å². The van der Waals surface area contributed by atoms with E-state index in [4.69, 9.17) is 4.74 Å². The lowest BCUT2D eigenvalue weighted by atomic mass is 10.2. The topological polar surface area (TPSA) is 73.2 Å². The molecule has 2 aromatic rings. The van der Waals surface area contributed by atoms with E-state index >= 15 is 0 Å². The molecule has 3 rings (SSSR count). The second-order valence-corrected chi connectivity index (χ2v) is 6.58. The van der Waals surface area contributed by atoms with Gasteiger partial charge >= 0.3 is 0 Å². The summed E-state index contributed by atoms with van der Waals surface area (Å²) in [5.41, 5.74) is 1.29. The zero-order valence-electron chi connectivity index (χ0n) is 13.3. The molecule has 6 nitrogen and oxygen atoms in total. The molecular formula is C17H18BrN3O3. The van der Waals surface area contributed by atoms with Gasteiger partial charge in [-0.1, -0.05) is 0 Å². The Kier molecular flexibility index (Phi) is 4.99. The van der Waals surface area contributed by atoms with E-state index in [1.54, 1.807) is 37.7 Å². The fraction of sp³-hybridized carbons (Fsp3) is 0.353. The predicted octanol–water partition coefficient (Wildman–Crippen LogP) is 2.32. The summed E-state index contributed by atoms with van der Waals surface area (Å²) in [7, 11) is 1.55. The first-order chi connectivity index (χ1) is 11.6. The van der Waals surface area contributed by atoms with Gasteiger partial charge in [0.1, 0.15) is 5.75 Å². The molecule has 0 atom stereocenters. The van der Waals surface area contributed by atoms with Crippen LogP contribution in [0.15, 0.2) is 39.9 Å². The third-order valence-corrected chi connectivity index (χ3v) is 4.64. The molecule has 126 valence electrons. The molecule has 0 saturated heterocycles. The van der Waals surface area contributed by atoms with Crippen molar-refractivity contribution in [1.29, 1.82) is 0 Å². The first-order valence-corrected chi connectivity index (χ1v) is 8.56. The molecule has 0 aliphatic heterocycles. The fourth-order valence-corrected chi connectivity index (χ4v) is 2.83. The number of rotatable bonds is 6. The first kappa shape index (κ1) is 16.7. The predicted molar refractivity (Wildman–Crippen MR) is 93.5 cm³/mol. The molecule has 1 fully saturated rings. The van der Waals surface area contributed by atoms with E-state index in [1.807, 2.05) is 0 Å². The molecule has 1 amide bonds. The maximum Gasteiger partial charge on any atom is 0.253 e. The lowest BCUT2D eigenvalue weighted by Gasteiger charge is -2.10. The summed E-state index contributed by atoms with van der Waals surface area (Å²) in [4.78, 5) is 28.6. The molecule has 24 heavy (non-hydrogen) atoms. The number of carbonyl (C=O) groups is 1. The average molecular weight is 392 g/mol. The average Bonchev–Trinajstić information content (AvgIpc) is 3.41. The summed E-state index contributed by atoms with van der Waals surface area (Å²) in [6.45, 7) is 0.719. The van der Waals surface area contributed by atoms with Gasteiger partial charge in [-0.3, -0.25) is 14.2 Å². The zero-order chi connectivity index (χ0) is 17.1. The highest BCUT2D eigenvalue weighted by Gasteiger charge is 2.25. The van der Waals surface area contributed by atoms with Gasteiger partial charge in [0, 0.05) is 29.5 Å². The summed E-state index contributed by atoms with van der Waals surface area (Å²) < 4.78 is 7.33. The number of aromatic nitrogens is 2. The van der Waals surface area contributed by atoms with Crippen LogP contribution in [0.1, 0.15) is 34.8 Å². The number of hydrogen-bond acceptors (Lipinski definition) is 4. The highest BCUT2D eigenvalue weighted by atomic mass is 79.9. The molecule has 1 aliphatic rings.